The van der Waals surface area contributed by atoms with Crippen molar-refractivity contribution in [3.05, 3.63) is 54.1 Å². The maximum atomic E-state index is 11.7. The predicted molar refractivity (Wildman–Crippen MR) is 90.3 cm³/mol. The summed E-state index contributed by atoms with van der Waals surface area (Å²) in [5.74, 6) is -0.124. The van der Waals surface area contributed by atoms with E-state index in [1.54, 1.807) is 24.5 Å². The van der Waals surface area contributed by atoms with Gasteiger partial charge in [-0.1, -0.05) is 24.3 Å². The normalized spacial score (nSPS) is 11.3. The van der Waals surface area contributed by atoms with Gasteiger partial charge in [-0.05, 0) is 29.7 Å². The predicted octanol–water partition coefficient (Wildman–Crippen LogP) is 4.91. The van der Waals surface area contributed by atoms with Gasteiger partial charge >= 0.3 is 5.97 Å². The van der Waals surface area contributed by atoms with E-state index in [0.717, 1.165) is 36.7 Å². The molecule has 3 aromatic carbocycles. The Hall–Kier alpha value is -2.59. The van der Waals surface area contributed by atoms with Gasteiger partial charge < -0.3 is 9.84 Å². The van der Waals surface area contributed by atoms with Crippen molar-refractivity contribution >= 4 is 48.3 Å². The Bertz CT molecular complexity index is 1050. The van der Waals surface area contributed by atoms with Crippen LogP contribution in [-0.4, -0.2) is 18.2 Å². The summed E-state index contributed by atoms with van der Waals surface area (Å²) in [6.45, 7) is 0. The van der Waals surface area contributed by atoms with Crippen LogP contribution in [0.3, 0.4) is 0 Å². The Balaban J connectivity index is 2.29. The first kappa shape index (κ1) is 13.1. The average molecular weight is 308 g/mol. The molecular formula is C18H12O3S. The zero-order chi connectivity index (χ0) is 15.3. The highest BCUT2D eigenvalue weighted by Crippen LogP contribution is 2.41. The third-order valence-corrected chi connectivity index (χ3v) is 5.10. The van der Waals surface area contributed by atoms with Gasteiger partial charge in [-0.3, -0.25) is 0 Å². The number of carboxylic acids is 1. The average Bonchev–Trinajstić information content (AvgIpc) is 2.93. The SMILES string of the molecule is COc1ccc2cc(C(=O)O)c3c4ccccc4sc3c2c1. The van der Waals surface area contributed by atoms with Gasteiger partial charge in [0.2, 0.25) is 0 Å². The molecule has 0 spiro atoms. The highest BCUT2D eigenvalue weighted by Gasteiger charge is 2.17. The number of aromatic carboxylic acids is 1. The van der Waals surface area contributed by atoms with Gasteiger partial charge in [-0.2, -0.15) is 0 Å². The first-order chi connectivity index (χ1) is 10.7. The Morgan fingerprint density at radius 2 is 1.91 bits per heavy atom. The third-order valence-electron chi connectivity index (χ3n) is 3.90. The fraction of sp³-hybridized carbons (Fsp3) is 0.0556. The molecule has 0 unspecified atom stereocenters. The molecule has 22 heavy (non-hydrogen) atoms. The molecule has 0 aliphatic heterocycles. The van der Waals surface area contributed by atoms with E-state index < -0.39 is 5.97 Å². The quantitative estimate of drug-likeness (QED) is 0.572. The molecule has 108 valence electrons. The van der Waals surface area contributed by atoms with Crippen molar-refractivity contribution in [2.75, 3.05) is 7.11 Å². The minimum Gasteiger partial charge on any atom is -0.497 e. The highest BCUT2D eigenvalue weighted by molar-refractivity contribution is 7.26. The number of thiophene rings is 1. The van der Waals surface area contributed by atoms with Crippen LogP contribution in [-0.2, 0) is 0 Å². The van der Waals surface area contributed by atoms with Crippen LogP contribution in [0.15, 0.2) is 48.5 Å². The number of carboxylic acid groups (broad SMARTS) is 1. The second kappa shape index (κ2) is 4.71. The van der Waals surface area contributed by atoms with E-state index in [4.69, 9.17) is 4.74 Å². The van der Waals surface area contributed by atoms with Crippen LogP contribution in [0, 0.1) is 0 Å². The number of hydrogen-bond donors (Lipinski definition) is 1. The van der Waals surface area contributed by atoms with E-state index in [2.05, 4.69) is 0 Å². The van der Waals surface area contributed by atoms with Crippen LogP contribution in [0.1, 0.15) is 10.4 Å². The van der Waals surface area contributed by atoms with E-state index in [-0.39, 0.29) is 0 Å². The number of methoxy groups -OCH3 is 1. The Morgan fingerprint density at radius 1 is 1.09 bits per heavy atom. The zero-order valence-corrected chi connectivity index (χ0v) is 12.6. The molecule has 4 aromatic rings. The molecule has 0 saturated carbocycles. The second-order valence-corrected chi connectivity index (χ2v) is 6.17. The number of fused-ring (bicyclic) bond motifs is 5. The summed E-state index contributed by atoms with van der Waals surface area (Å²) in [5.41, 5.74) is 0.352. The van der Waals surface area contributed by atoms with Gasteiger partial charge in [-0.15, -0.1) is 11.3 Å². The van der Waals surface area contributed by atoms with Crippen LogP contribution >= 0.6 is 11.3 Å². The van der Waals surface area contributed by atoms with Crippen LogP contribution < -0.4 is 4.74 Å². The van der Waals surface area contributed by atoms with Crippen LogP contribution in [0.2, 0.25) is 0 Å². The summed E-state index contributed by atoms with van der Waals surface area (Å²) in [5, 5.41) is 13.3. The fourth-order valence-electron chi connectivity index (χ4n) is 2.88. The number of carbonyl (C=O) groups is 1. The molecule has 1 N–H and O–H groups in total. The van der Waals surface area contributed by atoms with Gasteiger partial charge in [0, 0.05) is 25.6 Å². The molecule has 0 fully saturated rings. The van der Waals surface area contributed by atoms with Crippen molar-refractivity contribution in [3.8, 4) is 5.75 Å². The van der Waals surface area contributed by atoms with Crippen molar-refractivity contribution in [2.24, 2.45) is 0 Å². The minimum atomic E-state index is -0.897. The highest BCUT2D eigenvalue weighted by atomic mass is 32.1. The molecule has 0 atom stereocenters. The van der Waals surface area contributed by atoms with E-state index in [1.807, 2.05) is 42.5 Å². The van der Waals surface area contributed by atoms with Crippen molar-refractivity contribution in [1.82, 2.24) is 0 Å². The largest absolute Gasteiger partial charge is 0.497 e. The molecule has 0 amide bonds. The van der Waals surface area contributed by atoms with E-state index in [9.17, 15) is 9.90 Å². The van der Waals surface area contributed by atoms with Gasteiger partial charge in [0.1, 0.15) is 5.75 Å². The fourth-order valence-corrected chi connectivity index (χ4v) is 4.14. The number of ether oxygens (including phenoxy) is 1. The van der Waals surface area contributed by atoms with Crippen LogP contribution in [0.4, 0.5) is 0 Å². The summed E-state index contributed by atoms with van der Waals surface area (Å²) in [4.78, 5) is 11.7. The molecule has 0 bridgehead atoms. The Kier molecular flexibility index (Phi) is 2.81. The smallest absolute Gasteiger partial charge is 0.336 e. The summed E-state index contributed by atoms with van der Waals surface area (Å²) < 4.78 is 7.40. The number of rotatable bonds is 2. The first-order valence-electron chi connectivity index (χ1n) is 6.84. The molecule has 0 saturated heterocycles. The van der Waals surface area contributed by atoms with Gasteiger partial charge in [0.25, 0.3) is 0 Å². The molecule has 0 aliphatic carbocycles. The first-order valence-corrected chi connectivity index (χ1v) is 7.66. The van der Waals surface area contributed by atoms with Crippen molar-refractivity contribution in [2.45, 2.75) is 0 Å². The Labute approximate surface area is 130 Å². The molecule has 1 aromatic heterocycles. The molecule has 3 nitrogen and oxygen atoms in total. The summed E-state index contributed by atoms with van der Waals surface area (Å²) in [6, 6.07) is 15.4. The lowest BCUT2D eigenvalue weighted by molar-refractivity contribution is 0.0699. The standard InChI is InChI=1S/C18H12O3S/c1-21-11-7-6-10-8-14(18(19)20)16-12-4-2-3-5-15(12)22-17(16)13(10)9-11/h2-9H,1H3,(H,19,20). The Morgan fingerprint density at radius 3 is 2.68 bits per heavy atom. The van der Waals surface area contributed by atoms with Gasteiger partial charge in [0.05, 0.1) is 12.7 Å². The van der Waals surface area contributed by atoms with E-state index >= 15 is 0 Å². The van der Waals surface area contributed by atoms with Crippen molar-refractivity contribution in [1.29, 1.82) is 0 Å². The molecular weight excluding hydrogens is 296 g/mol. The van der Waals surface area contributed by atoms with Crippen LogP contribution in [0.25, 0.3) is 30.9 Å². The van der Waals surface area contributed by atoms with E-state index in [0.29, 0.717) is 5.56 Å². The van der Waals surface area contributed by atoms with Crippen molar-refractivity contribution < 1.29 is 14.6 Å². The molecule has 0 radical (unpaired) electrons. The maximum absolute atomic E-state index is 11.7. The zero-order valence-electron chi connectivity index (χ0n) is 11.8. The minimum absolute atomic E-state index is 0.352. The molecule has 4 heteroatoms. The number of hydrogen-bond acceptors (Lipinski definition) is 3. The van der Waals surface area contributed by atoms with Crippen molar-refractivity contribution in [3.63, 3.8) is 0 Å². The summed E-state index contributed by atoms with van der Waals surface area (Å²) in [6.07, 6.45) is 0. The number of benzene rings is 3. The maximum Gasteiger partial charge on any atom is 0.336 e. The summed E-state index contributed by atoms with van der Waals surface area (Å²) >= 11 is 1.62. The third kappa shape index (κ3) is 1.77. The lowest BCUT2D eigenvalue weighted by atomic mass is 10.0. The van der Waals surface area contributed by atoms with Gasteiger partial charge in [0.15, 0.2) is 0 Å². The lowest BCUT2D eigenvalue weighted by Gasteiger charge is -2.06. The molecule has 0 aliphatic rings. The molecule has 4 rings (SSSR count). The summed E-state index contributed by atoms with van der Waals surface area (Å²) in [7, 11) is 1.63. The van der Waals surface area contributed by atoms with Gasteiger partial charge in [-0.25, -0.2) is 4.79 Å². The second-order valence-electron chi connectivity index (χ2n) is 5.12. The monoisotopic (exact) mass is 308 g/mol. The topological polar surface area (TPSA) is 46.5 Å². The van der Waals surface area contributed by atoms with Crippen LogP contribution in [0.5, 0.6) is 5.75 Å². The molecule has 1 heterocycles. The van der Waals surface area contributed by atoms with E-state index in [1.165, 1.54) is 0 Å². The lowest BCUT2D eigenvalue weighted by Crippen LogP contribution is -1.97.